The molecule has 0 saturated heterocycles. The van der Waals surface area contributed by atoms with E-state index in [1.54, 1.807) is 12.1 Å². The van der Waals surface area contributed by atoms with Crippen LogP contribution in [0.5, 0.6) is 0 Å². The molecule has 0 bridgehead atoms. The van der Waals surface area contributed by atoms with Gasteiger partial charge in [0.25, 0.3) is 0 Å². The van der Waals surface area contributed by atoms with Crippen molar-refractivity contribution < 1.29 is 4.39 Å². The smallest absolute Gasteiger partial charge is 0.123 e. The summed E-state index contributed by atoms with van der Waals surface area (Å²) in [4.78, 5) is 0. The van der Waals surface area contributed by atoms with Gasteiger partial charge in [0.15, 0.2) is 0 Å². The van der Waals surface area contributed by atoms with Gasteiger partial charge < -0.3 is 4.57 Å². The second kappa shape index (κ2) is 7.95. The Balaban J connectivity index is 1.81. The molecule has 0 aliphatic carbocycles. The maximum absolute atomic E-state index is 13.2. The lowest BCUT2D eigenvalue weighted by Gasteiger charge is -2.05. The number of halogens is 2. The third-order valence-electron chi connectivity index (χ3n) is 4.92. The van der Waals surface area contributed by atoms with Crippen molar-refractivity contribution in [3.8, 4) is 6.07 Å². The minimum absolute atomic E-state index is 0.252. The van der Waals surface area contributed by atoms with Gasteiger partial charge in [-0.2, -0.15) is 5.26 Å². The summed E-state index contributed by atoms with van der Waals surface area (Å²) in [6.07, 6.45) is 3.90. The van der Waals surface area contributed by atoms with Crippen LogP contribution >= 0.6 is 11.6 Å². The van der Waals surface area contributed by atoms with Crippen LogP contribution in [0.2, 0.25) is 5.02 Å². The van der Waals surface area contributed by atoms with Crippen LogP contribution in [0.3, 0.4) is 0 Å². The molecule has 4 rings (SSSR count). The van der Waals surface area contributed by atoms with Crippen molar-refractivity contribution in [2.75, 3.05) is 0 Å². The predicted octanol–water partition coefficient (Wildman–Crippen LogP) is 6.85. The number of fused-ring (bicyclic) bond motifs is 1. The fraction of sp³-hybridized carbons (Fsp3) is 0.0800. The lowest BCUT2D eigenvalue weighted by atomic mass is 10.0. The number of rotatable bonds is 4. The fourth-order valence-corrected chi connectivity index (χ4v) is 3.57. The van der Waals surface area contributed by atoms with Crippen molar-refractivity contribution in [1.82, 2.24) is 4.57 Å². The molecule has 4 aromatic rings. The van der Waals surface area contributed by atoms with Gasteiger partial charge in [0, 0.05) is 34.2 Å². The molecule has 4 heteroatoms. The molecular weight excluding hydrogens is 383 g/mol. The monoisotopic (exact) mass is 400 g/mol. The van der Waals surface area contributed by atoms with Crippen LogP contribution in [0.25, 0.3) is 22.6 Å². The van der Waals surface area contributed by atoms with Crippen molar-refractivity contribution in [2.45, 2.75) is 13.5 Å². The Kier molecular flexibility index (Phi) is 5.20. The van der Waals surface area contributed by atoms with Crippen LogP contribution in [0, 0.1) is 24.1 Å². The Labute approximate surface area is 174 Å². The standard InChI is InChI=1S/C25H18ClFN2/c1-17-2-6-19(7-3-17)20(14-28)12-21-16-29(15-18-4-9-23(27)10-5-18)25-11-8-22(26)13-24(21)25/h2-13,16H,15H2,1H3/b20-12+. The van der Waals surface area contributed by atoms with Crippen LogP contribution in [-0.2, 0) is 6.54 Å². The quantitative estimate of drug-likeness (QED) is 0.344. The van der Waals surface area contributed by atoms with Crippen molar-refractivity contribution in [3.05, 3.63) is 106 Å². The Morgan fingerprint density at radius 2 is 1.79 bits per heavy atom. The Hall–Kier alpha value is -3.35. The third kappa shape index (κ3) is 4.08. The second-order valence-corrected chi connectivity index (χ2v) is 7.47. The minimum atomic E-state index is -0.252. The van der Waals surface area contributed by atoms with Crippen LogP contribution in [0.1, 0.15) is 22.3 Å². The average molecular weight is 401 g/mol. The highest BCUT2D eigenvalue weighted by Crippen LogP contribution is 2.29. The normalized spacial score (nSPS) is 11.6. The number of nitriles is 1. The molecule has 0 atom stereocenters. The maximum Gasteiger partial charge on any atom is 0.123 e. The molecule has 142 valence electrons. The summed E-state index contributed by atoms with van der Waals surface area (Å²) in [6.45, 7) is 2.61. The fourth-order valence-electron chi connectivity index (χ4n) is 3.40. The van der Waals surface area contributed by atoms with Gasteiger partial charge in [-0.3, -0.25) is 0 Å². The maximum atomic E-state index is 13.2. The third-order valence-corrected chi connectivity index (χ3v) is 5.16. The molecule has 0 N–H and O–H groups in total. The van der Waals surface area contributed by atoms with E-state index in [1.165, 1.54) is 12.1 Å². The zero-order chi connectivity index (χ0) is 20.4. The zero-order valence-electron chi connectivity index (χ0n) is 15.9. The van der Waals surface area contributed by atoms with Crippen LogP contribution in [-0.4, -0.2) is 4.57 Å². The lowest BCUT2D eigenvalue weighted by molar-refractivity contribution is 0.626. The number of nitrogens with zero attached hydrogens (tertiary/aromatic N) is 2. The molecule has 0 amide bonds. The van der Waals surface area contributed by atoms with Crippen LogP contribution < -0.4 is 0 Å². The first-order chi connectivity index (χ1) is 14.0. The first-order valence-electron chi connectivity index (χ1n) is 9.25. The van der Waals surface area contributed by atoms with E-state index in [0.717, 1.165) is 33.2 Å². The summed E-state index contributed by atoms with van der Waals surface area (Å²) < 4.78 is 15.3. The van der Waals surface area contributed by atoms with Gasteiger partial charge in [0.1, 0.15) is 5.82 Å². The van der Waals surface area contributed by atoms with Gasteiger partial charge in [0.05, 0.1) is 11.6 Å². The van der Waals surface area contributed by atoms with Gasteiger partial charge in [0.2, 0.25) is 0 Å². The van der Waals surface area contributed by atoms with Crippen molar-refractivity contribution in [3.63, 3.8) is 0 Å². The summed E-state index contributed by atoms with van der Waals surface area (Å²) in [5, 5.41) is 11.3. The van der Waals surface area contributed by atoms with E-state index in [2.05, 4.69) is 10.6 Å². The van der Waals surface area contributed by atoms with Crippen LogP contribution in [0.15, 0.2) is 72.9 Å². The summed E-state index contributed by atoms with van der Waals surface area (Å²) in [5.74, 6) is -0.252. The van der Waals surface area contributed by atoms with Gasteiger partial charge in [-0.15, -0.1) is 0 Å². The highest BCUT2D eigenvalue weighted by atomic mass is 35.5. The molecule has 3 aromatic carbocycles. The first kappa shape index (κ1) is 19.0. The number of hydrogen-bond donors (Lipinski definition) is 0. The topological polar surface area (TPSA) is 28.7 Å². The summed E-state index contributed by atoms with van der Waals surface area (Å²) in [7, 11) is 0. The first-order valence-corrected chi connectivity index (χ1v) is 9.63. The molecule has 0 spiro atoms. The Morgan fingerprint density at radius 1 is 1.07 bits per heavy atom. The number of aryl methyl sites for hydroxylation is 1. The highest BCUT2D eigenvalue weighted by molar-refractivity contribution is 6.31. The van der Waals surface area contributed by atoms with Gasteiger partial charge in [-0.25, -0.2) is 4.39 Å². The molecule has 29 heavy (non-hydrogen) atoms. The molecule has 1 heterocycles. The minimum Gasteiger partial charge on any atom is -0.342 e. The molecule has 0 fully saturated rings. The second-order valence-electron chi connectivity index (χ2n) is 7.04. The van der Waals surface area contributed by atoms with Gasteiger partial charge in [-0.1, -0.05) is 53.6 Å². The van der Waals surface area contributed by atoms with Crippen molar-refractivity contribution in [1.29, 1.82) is 5.26 Å². The summed E-state index contributed by atoms with van der Waals surface area (Å²) >= 11 is 6.25. The van der Waals surface area contributed by atoms with E-state index in [-0.39, 0.29) is 5.82 Å². The molecule has 0 radical (unpaired) electrons. The highest BCUT2D eigenvalue weighted by Gasteiger charge is 2.10. The summed E-state index contributed by atoms with van der Waals surface area (Å²) in [5.41, 5.74) is 5.53. The van der Waals surface area contributed by atoms with E-state index in [0.29, 0.717) is 17.1 Å². The average Bonchev–Trinajstić information content (AvgIpc) is 3.05. The molecule has 0 aliphatic heterocycles. The number of allylic oxidation sites excluding steroid dienone is 1. The Morgan fingerprint density at radius 3 is 2.48 bits per heavy atom. The SMILES string of the molecule is Cc1ccc(/C(C#N)=C/c2cn(Cc3ccc(F)cc3)c3ccc(Cl)cc23)cc1. The van der Waals surface area contributed by atoms with E-state index in [9.17, 15) is 9.65 Å². The number of aromatic nitrogens is 1. The molecule has 0 unspecified atom stereocenters. The van der Waals surface area contributed by atoms with E-state index < -0.39 is 0 Å². The van der Waals surface area contributed by atoms with Crippen molar-refractivity contribution >= 4 is 34.2 Å². The predicted molar refractivity (Wildman–Crippen MR) is 117 cm³/mol. The van der Waals surface area contributed by atoms with E-state index in [4.69, 9.17) is 11.6 Å². The zero-order valence-corrected chi connectivity index (χ0v) is 16.6. The number of benzene rings is 3. The molecule has 1 aromatic heterocycles. The van der Waals surface area contributed by atoms with E-state index in [1.807, 2.05) is 61.7 Å². The van der Waals surface area contributed by atoms with Crippen LogP contribution in [0.4, 0.5) is 4.39 Å². The summed E-state index contributed by atoms with van der Waals surface area (Å²) in [6, 6.07) is 22.4. The van der Waals surface area contributed by atoms with Crippen molar-refractivity contribution in [2.24, 2.45) is 0 Å². The number of hydrogen-bond acceptors (Lipinski definition) is 1. The Bertz CT molecular complexity index is 1240. The molecule has 2 nitrogen and oxygen atoms in total. The molecule has 0 aliphatic rings. The lowest BCUT2D eigenvalue weighted by Crippen LogP contribution is -1.97. The molecule has 0 saturated carbocycles. The van der Waals surface area contributed by atoms with Gasteiger partial charge in [-0.05, 0) is 54.5 Å². The molecular formula is C25H18ClFN2. The van der Waals surface area contributed by atoms with Gasteiger partial charge >= 0.3 is 0 Å². The largest absolute Gasteiger partial charge is 0.342 e. The van der Waals surface area contributed by atoms with E-state index >= 15 is 0 Å².